The highest BCUT2D eigenvalue weighted by molar-refractivity contribution is 7.99. The molecule has 0 atom stereocenters. The molecule has 30 heavy (non-hydrogen) atoms. The zero-order valence-electron chi connectivity index (χ0n) is 17.5. The lowest BCUT2D eigenvalue weighted by molar-refractivity contribution is -0.129. The lowest BCUT2D eigenvalue weighted by Gasteiger charge is -2.31. The van der Waals surface area contributed by atoms with E-state index in [0.717, 1.165) is 24.1 Å². The van der Waals surface area contributed by atoms with Crippen molar-refractivity contribution in [2.24, 2.45) is 0 Å². The third-order valence-electron chi connectivity index (χ3n) is 5.94. The minimum atomic E-state index is -0.106. The molecule has 156 valence electrons. The molecule has 1 aromatic heterocycles. The fraction of sp³-hybridized carbons (Fsp3) is 0.375. The van der Waals surface area contributed by atoms with Crippen LogP contribution < -0.4 is 5.56 Å². The van der Waals surface area contributed by atoms with Crippen LogP contribution in [0.3, 0.4) is 0 Å². The van der Waals surface area contributed by atoms with Gasteiger partial charge in [-0.25, -0.2) is 4.98 Å². The Labute approximate surface area is 181 Å². The van der Waals surface area contributed by atoms with E-state index in [2.05, 4.69) is 0 Å². The molecule has 6 heteroatoms. The molecule has 1 heterocycles. The quantitative estimate of drug-likeness (QED) is 0.447. The van der Waals surface area contributed by atoms with Crippen LogP contribution in [0.2, 0.25) is 0 Å². The second-order valence-corrected chi connectivity index (χ2v) is 8.87. The van der Waals surface area contributed by atoms with Crippen LogP contribution in [-0.2, 0) is 4.79 Å². The molecular weight excluding hydrogens is 394 g/mol. The topological polar surface area (TPSA) is 55.2 Å². The summed E-state index contributed by atoms with van der Waals surface area (Å²) >= 11 is 1.34. The molecule has 0 radical (unpaired) electrons. The van der Waals surface area contributed by atoms with Gasteiger partial charge >= 0.3 is 0 Å². The standard InChI is InChI=1S/C24H27N3O2S/c1-17-10-6-9-15-21(17)27-23(29)19-13-7-8-14-20(19)25-24(27)30-16-22(28)26(2)18-11-4-3-5-12-18/h6-10,13-15,18H,3-5,11-12,16H2,1-2H3. The molecule has 5 nitrogen and oxygen atoms in total. The van der Waals surface area contributed by atoms with E-state index in [1.807, 2.05) is 61.3 Å². The summed E-state index contributed by atoms with van der Waals surface area (Å²) in [5, 5.41) is 1.13. The Morgan fingerprint density at radius 2 is 1.80 bits per heavy atom. The van der Waals surface area contributed by atoms with Crippen LogP contribution in [-0.4, -0.2) is 39.2 Å². The van der Waals surface area contributed by atoms with Gasteiger partial charge in [0, 0.05) is 13.1 Å². The zero-order valence-corrected chi connectivity index (χ0v) is 18.3. The van der Waals surface area contributed by atoms with Crippen LogP contribution >= 0.6 is 11.8 Å². The lowest BCUT2D eigenvalue weighted by Crippen LogP contribution is -2.39. The average molecular weight is 422 g/mol. The Kier molecular flexibility index (Phi) is 6.23. The predicted molar refractivity (Wildman–Crippen MR) is 122 cm³/mol. The van der Waals surface area contributed by atoms with Gasteiger partial charge in [0.25, 0.3) is 5.56 Å². The highest BCUT2D eigenvalue weighted by atomic mass is 32.2. The summed E-state index contributed by atoms with van der Waals surface area (Å²) in [5.41, 5.74) is 2.34. The van der Waals surface area contributed by atoms with Crippen molar-refractivity contribution in [3.8, 4) is 5.69 Å². The summed E-state index contributed by atoms with van der Waals surface area (Å²) in [6.45, 7) is 1.98. The van der Waals surface area contributed by atoms with Crippen molar-refractivity contribution in [3.05, 3.63) is 64.4 Å². The van der Waals surface area contributed by atoms with E-state index in [9.17, 15) is 9.59 Å². The Bertz CT molecular complexity index is 1120. The number of aromatic nitrogens is 2. The first kappa shape index (κ1) is 20.7. The fourth-order valence-corrected chi connectivity index (χ4v) is 5.07. The molecule has 1 fully saturated rings. The molecule has 4 rings (SSSR count). The highest BCUT2D eigenvalue weighted by Crippen LogP contribution is 2.25. The predicted octanol–water partition coefficient (Wildman–Crippen LogP) is 4.58. The van der Waals surface area contributed by atoms with Crippen LogP contribution in [0.5, 0.6) is 0 Å². The number of amides is 1. The summed E-state index contributed by atoms with van der Waals surface area (Å²) < 4.78 is 1.65. The van der Waals surface area contributed by atoms with Crippen molar-refractivity contribution in [2.45, 2.75) is 50.2 Å². The first-order valence-corrected chi connectivity index (χ1v) is 11.5. The van der Waals surface area contributed by atoms with Crippen molar-refractivity contribution >= 4 is 28.6 Å². The number of carbonyl (C=O) groups is 1. The van der Waals surface area contributed by atoms with Gasteiger partial charge in [-0.2, -0.15) is 0 Å². The molecule has 0 spiro atoms. The van der Waals surface area contributed by atoms with Crippen molar-refractivity contribution in [3.63, 3.8) is 0 Å². The molecule has 0 bridgehead atoms. The molecule has 1 aliphatic rings. The summed E-state index contributed by atoms with van der Waals surface area (Å²) in [6.07, 6.45) is 5.80. The van der Waals surface area contributed by atoms with Gasteiger partial charge in [-0.3, -0.25) is 14.2 Å². The first-order valence-electron chi connectivity index (χ1n) is 10.5. The number of carbonyl (C=O) groups excluding carboxylic acids is 1. The van der Waals surface area contributed by atoms with Gasteiger partial charge in [-0.15, -0.1) is 0 Å². The third kappa shape index (κ3) is 4.15. The SMILES string of the molecule is Cc1ccccc1-n1c(SCC(=O)N(C)C2CCCCC2)nc2ccccc2c1=O. The largest absolute Gasteiger partial charge is 0.342 e. The van der Waals surface area contributed by atoms with Gasteiger partial charge in [0.2, 0.25) is 5.91 Å². The van der Waals surface area contributed by atoms with Crippen LogP contribution in [0.15, 0.2) is 58.5 Å². The second-order valence-electron chi connectivity index (χ2n) is 7.92. The Hall–Kier alpha value is -2.60. The Balaban J connectivity index is 1.67. The van der Waals surface area contributed by atoms with Crippen molar-refractivity contribution < 1.29 is 4.79 Å². The number of hydrogen-bond acceptors (Lipinski definition) is 4. The van der Waals surface area contributed by atoms with Gasteiger partial charge < -0.3 is 4.90 Å². The highest BCUT2D eigenvalue weighted by Gasteiger charge is 2.23. The number of nitrogens with zero attached hydrogens (tertiary/aromatic N) is 3. The van der Waals surface area contributed by atoms with E-state index in [-0.39, 0.29) is 17.2 Å². The Morgan fingerprint density at radius 3 is 2.57 bits per heavy atom. The first-order chi connectivity index (χ1) is 14.6. The number of hydrogen-bond donors (Lipinski definition) is 0. The number of thioether (sulfide) groups is 1. The van der Waals surface area contributed by atoms with Crippen LogP contribution in [0.1, 0.15) is 37.7 Å². The molecule has 0 unspecified atom stereocenters. The van der Waals surface area contributed by atoms with Gasteiger partial charge in [-0.1, -0.05) is 61.4 Å². The smallest absolute Gasteiger partial charge is 0.266 e. The monoisotopic (exact) mass is 421 g/mol. The number of rotatable bonds is 5. The van der Waals surface area contributed by atoms with Crippen LogP contribution in [0, 0.1) is 6.92 Å². The van der Waals surface area contributed by atoms with E-state index in [0.29, 0.717) is 22.1 Å². The maximum Gasteiger partial charge on any atom is 0.266 e. The normalized spacial score (nSPS) is 14.7. The third-order valence-corrected chi connectivity index (χ3v) is 6.87. The minimum Gasteiger partial charge on any atom is -0.342 e. The van der Waals surface area contributed by atoms with E-state index >= 15 is 0 Å². The van der Waals surface area contributed by atoms with E-state index < -0.39 is 0 Å². The summed E-state index contributed by atoms with van der Waals surface area (Å²) in [6, 6.07) is 15.5. The number of benzene rings is 2. The molecule has 3 aromatic rings. The fourth-order valence-electron chi connectivity index (χ4n) is 4.14. The van der Waals surface area contributed by atoms with Gasteiger partial charge in [0.1, 0.15) is 0 Å². The summed E-state index contributed by atoms with van der Waals surface area (Å²) in [7, 11) is 1.90. The van der Waals surface area contributed by atoms with E-state index in [1.54, 1.807) is 10.6 Å². The second kappa shape index (κ2) is 9.04. The minimum absolute atomic E-state index is 0.0886. The molecular formula is C24H27N3O2S. The summed E-state index contributed by atoms with van der Waals surface area (Å²) in [4.78, 5) is 32.9. The molecule has 1 amide bonds. The maximum absolute atomic E-state index is 13.3. The van der Waals surface area contributed by atoms with Crippen molar-refractivity contribution in [1.29, 1.82) is 0 Å². The number of para-hydroxylation sites is 2. The van der Waals surface area contributed by atoms with Crippen molar-refractivity contribution in [1.82, 2.24) is 14.5 Å². The molecule has 2 aromatic carbocycles. The maximum atomic E-state index is 13.3. The molecule has 0 saturated heterocycles. The molecule has 0 aliphatic heterocycles. The average Bonchev–Trinajstić information content (AvgIpc) is 2.78. The number of fused-ring (bicyclic) bond motifs is 1. The van der Waals surface area contributed by atoms with E-state index in [1.165, 1.54) is 31.0 Å². The van der Waals surface area contributed by atoms with Crippen LogP contribution in [0.4, 0.5) is 0 Å². The van der Waals surface area contributed by atoms with Gasteiger partial charge in [0.05, 0.1) is 22.3 Å². The van der Waals surface area contributed by atoms with Gasteiger partial charge in [0.15, 0.2) is 5.16 Å². The Morgan fingerprint density at radius 1 is 1.10 bits per heavy atom. The van der Waals surface area contributed by atoms with Crippen molar-refractivity contribution in [2.75, 3.05) is 12.8 Å². The van der Waals surface area contributed by atoms with Gasteiger partial charge in [-0.05, 0) is 43.5 Å². The molecule has 1 aliphatic carbocycles. The van der Waals surface area contributed by atoms with Crippen LogP contribution in [0.25, 0.3) is 16.6 Å². The zero-order chi connectivity index (χ0) is 21.1. The molecule has 1 saturated carbocycles. The van der Waals surface area contributed by atoms with E-state index in [4.69, 9.17) is 4.98 Å². The number of aryl methyl sites for hydroxylation is 1. The lowest BCUT2D eigenvalue weighted by atomic mass is 9.94. The summed E-state index contributed by atoms with van der Waals surface area (Å²) in [5.74, 6) is 0.356. The molecule has 0 N–H and O–H groups in total.